The minimum absolute atomic E-state index is 0.155. The van der Waals surface area contributed by atoms with Crippen LogP contribution in [0.4, 0.5) is 10.5 Å². The average molecular weight is 304 g/mol. The number of aryl methyl sites for hydroxylation is 1. The van der Waals surface area contributed by atoms with Crippen molar-refractivity contribution in [1.82, 2.24) is 4.90 Å². The van der Waals surface area contributed by atoms with Crippen LogP contribution in [0.25, 0.3) is 0 Å². The van der Waals surface area contributed by atoms with Gasteiger partial charge >= 0.3 is 6.09 Å². The number of rotatable bonds is 2. The van der Waals surface area contributed by atoms with Crippen molar-refractivity contribution in [2.45, 2.75) is 52.2 Å². The van der Waals surface area contributed by atoms with E-state index in [9.17, 15) is 9.59 Å². The van der Waals surface area contributed by atoms with E-state index in [0.29, 0.717) is 13.0 Å². The van der Waals surface area contributed by atoms with E-state index in [1.165, 1.54) is 4.90 Å². The van der Waals surface area contributed by atoms with Crippen LogP contribution in [-0.2, 0) is 9.53 Å². The molecule has 1 N–H and O–H groups in total. The van der Waals surface area contributed by atoms with Crippen molar-refractivity contribution in [2.24, 2.45) is 0 Å². The number of amides is 2. The molecule has 120 valence electrons. The van der Waals surface area contributed by atoms with Crippen LogP contribution in [0.5, 0.6) is 0 Å². The number of para-hydroxylation sites is 1. The lowest BCUT2D eigenvalue weighted by Gasteiger charge is -2.28. The summed E-state index contributed by atoms with van der Waals surface area (Å²) in [5, 5.41) is 2.91. The van der Waals surface area contributed by atoms with Gasteiger partial charge in [0.05, 0.1) is 0 Å². The quantitative estimate of drug-likeness (QED) is 0.911. The van der Waals surface area contributed by atoms with Crippen LogP contribution in [0.1, 0.15) is 39.2 Å². The number of benzene rings is 1. The first-order valence-corrected chi connectivity index (χ1v) is 7.64. The lowest BCUT2D eigenvalue weighted by atomic mass is 10.1. The van der Waals surface area contributed by atoms with Gasteiger partial charge in [-0.2, -0.15) is 0 Å². The van der Waals surface area contributed by atoms with Crippen LogP contribution in [0.3, 0.4) is 0 Å². The summed E-state index contributed by atoms with van der Waals surface area (Å²) in [4.78, 5) is 26.2. The summed E-state index contributed by atoms with van der Waals surface area (Å²) < 4.78 is 5.38. The normalized spacial score (nSPS) is 18.2. The van der Waals surface area contributed by atoms with Crippen molar-refractivity contribution >= 4 is 17.7 Å². The number of nitrogens with zero attached hydrogens (tertiary/aromatic N) is 1. The Morgan fingerprint density at radius 1 is 1.27 bits per heavy atom. The maximum Gasteiger partial charge on any atom is 0.410 e. The SMILES string of the molecule is Cc1ccccc1NC(=O)[C@@H]1CCCN1C(=O)OC(C)(C)C. The maximum atomic E-state index is 12.5. The zero-order valence-electron chi connectivity index (χ0n) is 13.7. The van der Waals surface area contributed by atoms with Crippen molar-refractivity contribution in [3.05, 3.63) is 29.8 Å². The molecule has 1 aromatic carbocycles. The minimum atomic E-state index is -0.559. The lowest BCUT2D eigenvalue weighted by molar-refractivity contribution is -0.120. The number of hydrogen-bond donors (Lipinski definition) is 1. The molecule has 0 saturated carbocycles. The zero-order valence-corrected chi connectivity index (χ0v) is 13.7. The molecule has 0 spiro atoms. The molecule has 5 nitrogen and oxygen atoms in total. The summed E-state index contributed by atoms with van der Waals surface area (Å²) >= 11 is 0. The molecule has 2 rings (SSSR count). The molecule has 2 amide bonds. The molecule has 1 saturated heterocycles. The fraction of sp³-hybridized carbons (Fsp3) is 0.529. The Labute approximate surface area is 131 Å². The molecule has 0 radical (unpaired) electrons. The van der Waals surface area contributed by atoms with Crippen molar-refractivity contribution in [2.75, 3.05) is 11.9 Å². The number of carbonyl (C=O) groups is 2. The number of anilines is 1. The Morgan fingerprint density at radius 3 is 2.59 bits per heavy atom. The highest BCUT2D eigenvalue weighted by Gasteiger charge is 2.36. The van der Waals surface area contributed by atoms with Gasteiger partial charge in [0.25, 0.3) is 0 Å². The largest absolute Gasteiger partial charge is 0.444 e. The third-order valence-electron chi connectivity index (χ3n) is 3.59. The molecule has 0 unspecified atom stereocenters. The molecular formula is C17H24N2O3. The highest BCUT2D eigenvalue weighted by atomic mass is 16.6. The van der Waals surface area contributed by atoms with Crippen LogP contribution < -0.4 is 5.32 Å². The van der Waals surface area contributed by atoms with Gasteiger partial charge in [0.2, 0.25) is 5.91 Å². The number of hydrogen-bond acceptors (Lipinski definition) is 3. The van der Waals surface area contributed by atoms with Crippen molar-refractivity contribution in [3.8, 4) is 0 Å². The summed E-state index contributed by atoms with van der Waals surface area (Å²) in [7, 11) is 0. The van der Waals surface area contributed by atoms with Crippen LogP contribution in [0, 0.1) is 6.92 Å². The summed E-state index contributed by atoms with van der Waals surface area (Å²) in [6.45, 7) is 7.97. The predicted molar refractivity (Wildman–Crippen MR) is 85.8 cm³/mol. The van der Waals surface area contributed by atoms with E-state index in [2.05, 4.69) is 5.32 Å². The number of carbonyl (C=O) groups excluding carboxylic acids is 2. The van der Waals surface area contributed by atoms with Crippen LogP contribution in [-0.4, -0.2) is 35.1 Å². The van der Waals surface area contributed by atoms with Gasteiger partial charge in [-0.1, -0.05) is 18.2 Å². The van der Waals surface area contributed by atoms with Crippen molar-refractivity contribution < 1.29 is 14.3 Å². The maximum absolute atomic E-state index is 12.5. The van der Waals surface area contributed by atoms with Crippen LogP contribution in [0.15, 0.2) is 24.3 Å². The Bertz CT molecular complexity index is 563. The fourth-order valence-corrected chi connectivity index (χ4v) is 2.51. The van der Waals surface area contributed by atoms with Gasteiger partial charge < -0.3 is 10.1 Å². The first-order chi connectivity index (χ1) is 10.3. The van der Waals surface area contributed by atoms with Gasteiger partial charge in [-0.05, 0) is 52.2 Å². The summed E-state index contributed by atoms with van der Waals surface area (Å²) in [6, 6.07) is 7.14. The second-order valence-electron chi connectivity index (χ2n) is 6.64. The standard InChI is InChI=1S/C17H24N2O3/c1-12-8-5-6-9-13(12)18-15(20)14-10-7-11-19(14)16(21)22-17(2,3)4/h5-6,8-9,14H,7,10-11H2,1-4H3,(H,18,20)/t14-/m0/s1. The molecule has 5 heteroatoms. The molecule has 0 aromatic heterocycles. The summed E-state index contributed by atoms with van der Waals surface area (Å²) in [5.74, 6) is -0.155. The Kier molecular flexibility index (Phi) is 4.74. The van der Waals surface area contributed by atoms with Gasteiger partial charge in [-0.15, -0.1) is 0 Å². The average Bonchev–Trinajstić information content (AvgIpc) is 2.89. The van der Waals surface area contributed by atoms with E-state index in [-0.39, 0.29) is 5.91 Å². The highest BCUT2D eigenvalue weighted by Crippen LogP contribution is 2.23. The molecule has 22 heavy (non-hydrogen) atoms. The molecule has 1 heterocycles. The minimum Gasteiger partial charge on any atom is -0.444 e. The second kappa shape index (κ2) is 6.38. The Balaban J connectivity index is 2.05. The monoisotopic (exact) mass is 304 g/mol. The topological polar surface area (TPSA) is 58.6 Å². The first-order valence-electron chi connectivity index (χ1n) is 7.64. The lowest BCUT2D eigenvalue weighted by Crippen LogP contribution is -2.45. The predicted octanol–water partition coefficient (Wildman–Crippen LogP) is 3.33. The fourth-order valence-electron chi connectivity index (χ4n) is 2.51. The van der Waals surface area contributed by atoms with Crippen molar-refractivity contribution in [1.29, 1.82) is 0 Å². The molecule has 1 atom stereocenters. The molecular weight excluding hydrogens is 280 g/mol. The van der Waals surface area contributed by atoms with Gasteiger partial charge in [0, 0.05) is 12.2 Å². The second-order valence-corrected chi connectivity index (χ2v) is 6.64. The van der Waals surface area contributed by atoms with E-state index in [1.807, 2.05) is 52.0 Å². The molecule has 1 fully saturated rings. The van der Waals surface area contributed by atoms with E-state index in [0.717, 1.165) is 17.7 Å². The Hall–Kier alpha value is -2.04. The molecule has 0 bridgehead atoms. The van der Waals surface area contributed by atoms with Gasteiger partial charge in [-0.3, -0.25) is 9.69 Å². The zero-order chi connectivity index (χ0) is 16.3. The smallest absolute Gasteiger partial charge is 0.410 e. The van der Waals surface area contributed by atoms with E-state index in [4.69, 9.17) is 4.74 Å². The summed E-state index contributed by atoms with van der Waals surface area (Å²) in [5.41, 5.74) is 1.22. The highest BCUT2D eigenvalue weighted by molar-refractivity contribution is 5.97. The van der Waals surface area contributed by atoms with Gasteiger partial charge in [0.1, 0.15) is 11.6 Å². The van der Waals surface area contributed by atoms with Gasteiger partial charge in [0.15, 0.2) is 0 Å². The number of nitrogens with one attached hydrogen (secondary N) is 1. The van der Waals surface area contributed by atoms with Crippen LogP contribution in [0.2, 0.25) is 0 Å². The van der Waals surface area contributed by atoms with E-state index < -0.39 is 17.7 Å². The third-order valence-corrected chi connectivity index (χ3v) is 3.59. The van der Waals surface area contributed by atoms with E-state index >= 15 is 0 Å². The number of ether oxygens (including phenoxy) is 1. The van der Waals surface area contributed by atoms with Crippen molar-refractivity contribution in [3.63, 3.8) is 0 Å². The molecule has 1 aliphatic rings. The molecule has 1 aromatic rings. The van der Waals surface area contributed by atoms with Gasteiger partial charge in [-0.25, -0.2) is 4.79 Å². The van der Waals surface area contributed by atoms with E-state index in [1.54, 1.807) is 0 Å². The first kappa shape index (κ1) is 16.3. The molecule has 0 aliphatic carbocycles. The van der Waals surface area contributed by atoms with Crippen LogP contribution >= 0.6 is 0 Å². The number of likely N-dealkylation sites (tertiary alicyclic amines) is 1. The third kappa shape index (κ3) is 4.00. The summed E-state index contributed by atoms with van der Waals surface area (Å²) in [6.07, 6.45) is 1.05. The molecule has 1 aliphatic heterocycles. The Morgan fingerprint density at radius 2 is 1.95 bits per heavy atom.